The van der Waals surface area contributed by atoms with Gasteiger partial charge in [0.15, 0.2) is 0 Å². The summed E-state index contributed by atoms with van der Waals surface area (Å²) >= 11 is 0. The highest BCUT2D eigenvalue weighted by Gasteiger charge is 2.07. The SMILES string of the molecule is CC(=NNC(=O)c1ccc2ccccc2n1)c1ccc[nH]1. The molecular weight excluding hydrogens is 264 g/mol. The highest BCUT2D eigenvalue weighted by molar-refractivity contribution is 5.99. The third kappa shape index (κ3) is 2.81. The van der Waals surface area contributed by atoms with E-state index < -0.39 is 0 Å². The molecule has 1 aromatic carbocycles. The van der Waals surface area contributed by atoms with Gasteiger partial charge in [-0.1, -0.05) is 24.3 Å². The predicted octanol–water partition coefficient (Wildman–Crippen LogP) is 2.72. The minimum absolute atomic E-state index is 0.327. The number of aromatic amines is 1. The molecule has 0 unspecified atom stereocenters. The van der Waals surface area contributed by atoms with Gasteiger partial charge in [0.2, 0.25) is 0 Å². The third-order valence-corrected chi connectivity index (χ3v) is 3.14. The van der Waals surface area contributed by atoms with Crippen molar-refractivity contribution in [2.45, 2.75) is 6.92 Å². The molecule has 0 saturated heterocycles. The third-order valence-electron chi connectivity index (χ3n) is 3.14. The van der Waals surface area contributed by atoms with Gasteiger partial charge in [0.1, 0.15) is 5.69 Å². The second-order valence-corrected chi connectivity index (χ2v) is 4.61. The molecule has 0 bridgehead atoms. The summed E-state index contributed by atoms with van der Waals surface area (Å²) < 4.78 is 0. The van der Waals surface area contributed by atoms with E-state index in [1.165, 1.54) is 0 Å². The monoisotopic (exact) mass is 278 g/mol. The summed E-state index contributed by atoms with van der Waals surface area (Å²) in [5, 5.41) is 5.07. The number of rotatable bonds is 3. The highest BCUT2D eigenvalue weighted by atomic mass is 16.2. The summed E-state index contributed by atoms with van der Waals surface area (Å²) in [6.07, 6.45) is 1.81. The lowest BCUT2D eigenvalue weighted by molar-refractivity contribution is 0.0950. The van der Waals surface area contributed by atoms with Crippen molar-refractivity contribution in [2.75, 3.05) is 0 Å². The number of carbonyl (C=O) groups is 1. The van der Waals surface area contributed by atoms with Gasteiger partial charge in [-0.05, 0) is 31.2 Å². The van der Waals surface area contributed by atoms with Crippen LogP contribution in [0.4, 0.5) is 0 Å². The molecule has 21 heavy (non-hydrogen) atoms. The van der Waals surface area contributed by atoms with Crippen molar-refractivity contribution in [3.05, 3.63) is 66.1 Å². The second kappa shape index (κ2) is 5.58. The number of nitrogens with zero attached hydrogens (tertiary/aromatic N) is 2. The van der Waals surface area contributed by atoms with Gasteiger partial charge >= 0.3 is 0 Å². The van der Waals surface area contributed by atoms with Crippen LogP contribution < -0.4 is 5.43 Å². The average Bonchev–Trinajstić information content (AvgIpc) is 3.06. The molecule has 0 aliphatic carbocycles. The number of fused-ring (bicyclic) bond motifs is 1. The van der Waals surface area contributed by atoms with Gasteiger partial charge in [0.25, 0.3) is 5.91 Å². The zero-order valence-electron chi connectivity index (χ0n) is 11.5. The number of aromatic nitrogens is 2. The fourth-order valence-corrected chi connectivity index (χ4v) is 2.00. The van der Waals surface area contributed by atoms with Crippen molar-refractivity contribution in [2.24, 2.45) is 5.10 Å². The lowest BCUT2D eigenvalue weighted by Gasteiger charge is -2.03. The summed E-state index contributed by atoms with van der Waals surface area (Å²) in [4.78, 5) is 19.4. The zero-order chi connectivity index (χ0) is 14.7. The Balaban J connectivity index is 1.79. The van der Waals surface area contributed by atoms with Crippen LogP contribution in [-0.2, 0) is 0 Å². The Morgan fingerprint density at radius 1 is 1.14 bits per heavy atom. The number of amides is 1. The molecule has 5 heteroatoms. The minimum Gasteiger partial charge on any atom is -0.360 e. The molecule has 2 heterocycles. The van der Waals surface area contributed by atoms with Gasteiger partial charge in [0.05, 0.1) is 16.9 Å². The number of para-hydroxylation sites is 1. The summed E-state index contributed by atoms with van der Waals surface area (Å²) in [6.45, 7) is 1.82. The first-order valence-electron chi connectivity index (χ1n) is 6.58. The Kier molecular flexibility index (Phi) is 3.47. The van der Waals surface area contributed by atoms with E-state index in [1.807, 2.05) is 49.4 Å². The van der Waals surface area contributed by atoms with Gasteiger partial charge in [-0.15, -0.1) is 0 Å². The molecule has 104 valence electrons. The molecular formula is C16H14N4O. The van der Waals surface area contributed by atoms with Gasteiger partial charge in [-0.3, -0.25) is 4.79 Å². The maximum absolute atomic E-state index is 12.1. The number of carbonyl (C=O) groups excluding carboxylic acids is 1. The van der Waals surface area contributed by atoms with E-state index in [0.717, 1.165) is 16.6 Å². The van der Waals surface area contributed by atoms with Crippen LogP contribution in [-0.4, -0.2) is 21.6 Å². The van der Waals surface area contributed by atoms with Crippen LogP contribution in [0.3, 0.4) is 0 Å². The molecule has 0 atom stereocenters. The molecule has 0 aliphatic heterocycles. The lowest BCUT2D eigenvalue weighted by Crippen LogP contribution is -2.20. The first-order valence-corrected chi connectivity index (χ1v) is 6.58. The maximum atomic E-state index is 12.1. The summed E-state index contributed by atoms with van der Waals surface area (Å²) in [7, 11) is 0. The molecule has 3 rings (SSSR count). The summed E-state index contributed by atoms with van der Waals surface area (Å²) in [5.74, 6) is -0.327. The molecule has 1 amide bonds. The number of hydrogen-bond acceptors (Lipinski definition) is 3. The number of benzene rings is 1. The standard InChI is InChI=1S/C16H14N4O/c1-11(13-7-4-10-17-13)19-20-16(21)15-9-8-12-5-2-3-6-14(12)18-15/h2-10,17H,1H3,(H,20,21). The number of hydrazone groups is 1. The van der Waals surface area contributed by atoms with Gasteiger partial charge in [-0.25, -0.2) is 10.4 Å². The number of hydrogen-bond donors (Lipinski definition) is 2. The average molecular weight is 278 g/mol. The largest absolute Gasteiger partial charge is 0.360 e. The van der Waals surface area contributed by atoms with E-state index in [-0.39, 0.29) is 5.91 Å². The molecule has 0 spiro atoms. The van der Waals surface area contributed by atoms with E-state index in [1.54, 1.807) is 12.3 Å². The van der Waals surface area contributed by atoms with Crippen LogP contribution in [0.15, 0.2) is 59.8 Å². The van der Waals surface area contributed by atoms with Crippen molar-refractivity contribution >= 4 is 22.5 Å². The van der Waals surface area contributed by atoms with Crippen LogP contribution >= 0.6 is 0 Å². The molecule has 0 aliphatic rings. The van der Waals surface area contributed by atoms with Crippen molar-refractivity contribution in [1.29, 1.82) is 0 Å². The van der Waals surface area contributed by atoms with Crippen molar-refractivity contribution < 1.29 is 4.79 Å². The molecule has 2 N–H and O–H groups in total. The van der Waals surface area contributed by atoms with Crippen molar-refractivity contribution in [3.8, 4) is 0 Å². The predicted molar refractivity (Wildman–Crippen MR) is 82.2 cm³/mol. The fraction of sp³-hybridized carbons (Fsp3) is 0.0625. The van der Waals surface area contributed by atoms with E-state index in [4.69, 9.17) is 0 Å². The quantitative estimate of drug-likeness (QED) is 0.571. The number of pyridine rings is 1. The Bertz CT molecular complexity index is 806. The Morgan fingerprint density at radius 2 is 2.00 bits per heavy atom. The number of H-pyrrole nitrogens is 1. The van der Waals surface area contributed by atoms with Crippen molar-refractivity contribution in [1.82, 2.24) is 15.4 Å². The van der Waals surface area contributed by atoms with Crippen LogP contribution in [0.5, 0.6) is 0 Å². The summed E-state index contributed by atoms with van der Waals surface area (Å²) in [5.41, 5.74) is 5.22. The molecule has 2 aromatic heterocycles. The van der Waals surface area contributed by atoms with Gasteiger partial charge in [-0.2, -0.15) is 5.10 Å². The highest BCUT2D eigenvalue weighted by Crippen LogP contribution is 2.11. The molecule has 5 nitrogen and oxygen atoms in total. The molecule has 0 saturated carbocycles. The second-order valence-electron chi connectivity index (χ2n) is 4.61. The smallest absolute Gasteiger partial charge is 0.289 e. The van der Waals surface area contributed by atoms with Crippen LogP contribution in [0, 0.1) is 0 Å². The zero-order valence-corrected chi connectivity index (χ0v) is 11.5. The summed E-state index contributed by atoms with van der Waals surface area (Å²) in [6, 6.07) is 15.0. The Labute approximate surface area is 121 Å². The van der Waals surface area contributed by atoms with E-state index in [0.29, 0.717) is 11.4 Å². The van der Waals surface area contributed by atoms with Crippen LogP contribution in [0.25, 0.3) is 10.9 Å². The fourth-order valence-electron chi connectivity index (χ4n) is 2.00. The molecule has 3 aromatic rings. The van der Waals surface area contributed by atoms with Crippen LogP contribution in [0.2, 0.25) is 0 Å². The Morgan fingerprint density at radius 3 is 2.81 bits per heavy atom. The number of nitrogens with one attached hydrogen (secondary N) is 2. The maximum Gasteiger partial charge on any atom is 0.289 e. The van der Waals surface area contributed by atoms with E-state index in [2.05, 4.69) is 20.5 Å². The van der Waals surface area contributed by atoms with E-state index >= 15 is 0 Å². The van der Waals surface area contributed by atoms with Gasteiger partial charge in [0, 0.05) is 11.6 Å². The van der Waals surface area contributed by atoms with E-state index in [9.17, 15) is 4.79 Å². The van der Waals surface area contributed by atoms with Crippen molar-refractivity contribution in [3.63, 3.8) is 0 Å². The Hall–Kier alpha value is -2.95. The van der Waals surface area contributed by atoms with Crippen LogP contribution in [0.1, 0.15) is 23.1 Å². The topological polar surface area (TPSA) is 70.1 Å². The first kappa shape index (κ1) is 13.1. The molecule has 0 radical (unpaired) electrons. The first-order chi connectivity index (χ1) is 10.2. The normalized spacial score (nSPS) is 11.6. The lowest BCUT2D eigenvalue weighted by atomic mass is 10.2. The van der Waals surface area contributed by atoms with Gasteiger partial charge < -0.3 is 4.98 Å². The minimum atomic E-state index is -0.327. The molecule has 0 fully saturated rings.